The topological polar surface area (TPSA) is 27.7 Å². The highest BCUT2D eigenvalue weighted by Crippen LogP contribution is 2.24. The van der Waals surface area contributed by atoms with E-state index in [0.717, 1.165) is 64.2 Å². The summed E-state index contributed by atoms with van der Waals surface area (Å²) in [6, 6.07) is 0. The highest BCUT2D eigenvalue weighted by Gasteiger charge is 2.24. The number of allylic oxidation sites excluding steroid dienone is 4. The summed E-state index contributed by atoms with van der Waals surface area (Å²) in [5.41, 5.74) is 2.69. The van der Waals surface area contributed by atoms with Gasteiger partial charge in [-0.1, -0.05) is 50.0 Å². The van der Waals surface area contributed by atoms with Crippen LogP contribution >= 0.6 is 23.2 Å². The molecule has 0 spiro atoms. The second-order valence-corrected chi connectivity index (χ2v) is 10.3. The zero-order valence-corrected chi connectivity index (χ0v) is 23.9. The van der Waals surface area contributed by atoms with Gasteiger partial charge in [-0.25, -0.2) is 0 Å². The molecule has 5 heteroatoms. The van der Waals surface area contributed by atoms with Crippen molar-refractivity contribution < 1.29 is 14.2 Å². The maximum Gasteiger partial charge on any atom is 0.161 e. The number of hydrogen-bond donors (Lipinski definition) is 0. The van der Waals surface area contributed by atoms with Gasteiger partial charge < -0.3 is 14.2 Å². The van der Waals surface area contributed by atoms with Crippen LogP contribution < -0.4 is 0 Å². The van der Waals surface area contributed by atoms with Gasteiger partial charge in [0.2, 0.25) is 0 Å². The predicted octanol–water partition coefficient (Wildman–Crippen LogP) is 9.27. The molecule has 0 bridgehead atoms. The van der Waals surface area contributed by atoms with E-state index < -0.39 is 0 Å². The third kappa shape index (κ3) is 19.9. The van der Waals surface area contributed by atoms with Crippen LogP contribution in [-0.4, -0.2) is 37.6 Å². The Bertz CT molecular complexity index is 455. The Labute approximate surface area is 215 Å². The average Bonchev–Trinajstić information content (AvgIpc) is 2.77. The fourth-order valence-electron chi connectivity index (χ4n) is 3.49. The smallest absolute Gasteiger partial charge is 0.161 e. The Kier molecular flexibility index (Phi) is 22.4. The molecular formula is C28H52Cl2O3. The quantitative estimate of drug-likeness (QED) is 0.0632. The molecule has 0 fully saturated rings. The van der Waals surface area contributed by atoms with Crippen molar-refractivity contribution in [1.29, 1.82) is 0 Å². The molecule has 0 aromatic heterocycles. The first kappa shape index (κ1) is 32.9. The van der Waals surface area contributed by atoms with E-state index in [1.807, 2.05) is 0 Å². The van der Waals surface area contributed by atoms with E-state index in [2.05, 4.69) is 53.7 Å². The van der Waals surface area contributed by atoms with Gasteiger partial charge in [0.15, 0.2) is 12.6 Å². The molecule has 0 aromatic rings. The summed E-state index contributed by atoms with van der Waals surface area (Å²) < 4.78 is 18.8. The number of halogens is 2. The van der Waals surface area contributed by atoms with Gasteiger partial charge in [-0.2, -0.15) is 0 Å². The van der Waals surface area contributed by atoms with Crippen molar-refractivity contribution in [3.05, 3.63) is 23.3 Å². The molecule has 4 atom stereocenters. The zero-order chi connectivity index (χ0) is 24.9. The van der Waals surface area contributed by atoms with Gasteiger partial charge in [0.1, 0.15) is 0 Å². The Hall–Kier alpha value is -0.0600. The van der Waals surface area contributed by atoms with E-state index in [0.29, 0.717) is 36.8 Å². The average molecular weight is 508 g/mol. The Morgan fingerprint density at radius 1 is 0.697 bits per heavy atom. The van der Waals surface area contributed by atoms with E-state index in [1.165, 1.54) is 11.1 Å². The molecule has 0 saturated heterocycles. The monoisotopic (exact) mass is 506 g/mol. The zero-order valence-electron chi connectivity index (χ0n) is 22.3. The summed E-state index contributed by atoms with van der Waals surface area (Å²) >= 11 is 12.7. The van der Waals surface area contributed by atoms with Crippen LogP contribution in [0.2, 0.25) is 0 Å². The molecule has 0 radical (unpaired) electrons. The summed E-state index contributed by atoms with van der Waals surface area (Å²) in [4.78, 5) is 0. The fraction of sp³-hybridized carbons (Fsp3) is 0.857. The second-order valence-electron chi connectivity index (χ2n) is 9.67. The van der Waals surface area contributed by atoms with Gasteiger partial charge in [0.05, 0.1) is 0 Å². The Balaban J connectivity index is 5.18. The van der Waals surface area contributed by atoms with Gasteiger partial charge in [-0.15, -0.1) is 23.2 Å². The number of hydrogen-bond acceptors (Lipinski definition) is 3. The van der Waals surface area contributed by atoms with Crippen molar-refractivity contribution >= 4 is 23.2 Å². The predicted molar refractivity (Wildman–Crippen MR) is 145 cm³/mol. The van der Waals surface area contributed by atoms with Crippen LogP contribution in [0.5, 0.6) is 0 Å². The molecule has 0 aromatic carbocycles. The van der Waals surface area contributed by atoms with Crippen molar-refractivity contribution in [1.82, 2.24) is 0 Å². The van der Waals surface area contributed by atoms with Crippen LogP contribution in [0.1, 0.15) is 106 Å². The van der Waals surface area contributed by atoms with Crippen LogP contribution in [0.3, 0.4) is 0 Å². The van der Waals surface area contributed by atoms with Crippen LogP contribution in [-0.2, 0) is 14.2 Å². The summed E-state index contributed by atoms with van der Waals surface area (Å²) in [6.45, 7) is 14.3. The molecule has 0 aliphatic carbocycles. The van der Waals surface area contributed by atoms with Crippen LogP contribution in [0, 0.1) is 11.8 Å². The van der Waals surface area contributed by atoms with Crippen molar-refractivity contribution in [3.63, 3.8) is 0 Å². The van der Waals surface area contributed by atoms with Crippen LogP contribution in [0.25, 0.3) is 0 Å². The summed E-state index contributed by atoms with van der Waals surface area (Å²) in [5.74, 6) is 1.93. The first-order chi connectivity index (χ1) is 15.9. The minimum Gasteiger partial charge on any atom is -0.353 e. The molecule has 3 nitrogen and oxygen atoms in total. The number of alkyl halides is 2. The Morgan fingerprint density at radius 2 is 1.09 bits per heavy atom. The lowest BCUT2D eigenvalue weighted by Gasteiger charge is -2.29. The highest BCUT2D eigenvalue weighted by molar-refractivity contribution is 6.18. The van der Waals surface area contributed by atoms with Crippen molar-refractivity contribution in [2.75, 3.05) is 25.0 Å². The van der Waals surface area contributed by atoms with E-state index in [9.17, 15) is 0 Å². The molecule has 196 valence electrons. The molecule has 0 aliphatic rings. The minimum absolute atomic E-state index is 0.299. The van der Waals surface area contributed by atoms with Gasteiger partial charge >= 0.3 is 0 Å². The van der Waals surface area contributed by atoms with E-state index in [-0.39, 0.29) is 12.6 Å². The van der Waals surface area contributed by atoms with E-state index >= 15 is 0 Å². The van der Waals surface area contributed by atoms with Crippen molar-refractivity contribution in [3.8, 4) is 0 Å². The van der Waals surface area contributed by atoms with Crippen molar-refractivity contribution in [2.24, 2.45) is 11.8 Å². The second kappa shape index (κ2) is 22.4. The SMILES string of the molecule is CCCCOC(CC(CCl)CCC=C(C)C)OC(CC(CCl)CCC=C(C)C)OCCCC. The summed E-state index contributed by atoms with van der Waals surface area (Å²) in [7, 11) is 0. The highest BCUT2D eigenvalue weighted by atomic mass is 35.5. The molecule has 0 heterocycles. The van der Waals surface area contributed by atoms with Gasteiger partial charge in [0.25, 0.3) is 0 Å². The first-order valence-corrected chi connectivity index (χ1v) is 14.2. The number of ether oxygens (including phenoxy) is 3. The summed E-state index contributed by atoms with van der Waals surface area (Å²) in [5, 5.41) is 0. The molecular weight excluding hydrogens is 455 g/mol. The third-order valence-electron chi connectivity index (χ3n) is 5.65. The Morgan fingerprint density at radius 3 is 1.39 bits per heavy atom. The van der Waals surface area contributed by atoms with Gasteiger partial charge in [-0.3, -0.25) is 0 Å². The molecule has 0 amide bonds. The van der Waals surface area contributed by atoms with Crippen LogP contribution in [0.4, 0.5) is 0 Å². The minimum atomic E-state index is -0.299. The standard InChI is InChI=1S/C28H52Cl2O3/c1-7-9-17-31-27(19-25(21-29)15-11-13-23(3)4)33-28(32-18-10-8-2)20-26(22-30)16-12-14-24(5)6/h13-14,25-28H,7-12,15-22H2,1-6H3. The fourth-order valence-corrected chi connectivity index (χ4v) is 4.05. The maximum atomic E-state index is 6.47. The summed E-state index contributed by atoms with van der Waals surface area (Å²) in [6.07, 6.45) is 14.0. The molecule has 0 saturated carbocycles. The molecule has 0 rings (SSSR count). The number of rotatable bonds is 22. The lowest BCUT2D eigenvalue weighted by molar-refractivity contribution is -0.255. The van der Waals surface area contributed by atoms with Crippen LogP contribution in [0.15, 0.2) is 23.3 Å². The normalized spacial score (nSPS) is 15.0. The van der Waals surface area contributed by atoms with Gasteiger partial charge in [0, 0.05) is 37.8 Å². The molecule has 0 aliphatic heterocycles. The van der Waals surface area contributed by atoms with E-state index in [1.54, 1.807) is 0 Å². The third-order valence-corrected chi connectivity index (χ3v) is 6.52. The van der Waals surface area contributed by atoms with E-state index in [4.69, 9.17) is 37.4 Å². The lowest BCUT2D eigenvalue weighted by Crippen LogP contribution is -2.31. The number of unbranched alkanes of at least 4 members (excludes halogenated alkanes) is 2. The molecule has 4 unspecified atom stereocenters. The first-order valence-electron chi connectivity index (χ1n) is 13.1. The largest absolute Gasteiger partial charge is 0.353 e. The van der Waals surface area contributed by atoms with Gasteiger partial charge in [-0.05, 0) is 78.1 Å². The lowest BCUT2D eigenvalue weighted by atomic mass is 9.99. The molecule has 0 N–H and O–H groups in total. The molecule has 33 heavy (non-hydrogen) atoms. The van der Waals surface area contributed by atoms with Crippen molar-refractivity contribution in [2.45, 2.75) is 118 Å². The maximum absolute atomic E-state index is 6.47.